The molecule has 2 atom stereocenters. The second-order valence-electron chi connectivity index (χ2n) is 7.19. The van der Waals surface area contributed by atoms with E-state index in [9.17, 15) is 13.6 Å². The zero-order valence-corrected chi connectivity index (χ0v) is 15.8. The van der Waals surface area contributed by atoms with Crippen LogP contribution in [0.2, 0.25) is 0 Å². The van der Waals surface area contributed by atoms with Crippen LogP contribution in [0.4, 0.5) is 13.6 Å². The quantitative estimate of drug-likeness (QED) is 0.650. The first-order valence-electron chi connectivity index (χ1n) is 9.62. The summed E-state index contributed by atoms with van der Waals surface area (Å²) in [6.07, 6.45) is 0.783. The Balaban J connectivity index is 1.58. The molecule has 0 saturated carbocycles. The van der Waals surface area contributed by atoms with E-state index in [0.29, 0.717) is 6.42 Å². The molecule has 0 spiro atoms. The lowest BCUT2D eigenvalue weighted by Gasteiger charge is -2.34. The third kappa shape index (κ3) is 4.29. The first-order valence-corrected chi connectivity index (χ1v) is 9.62. The number of carbonyl (C=O) groups is 1. The number of hydrogen-bond acceptors (Lipinski definition) is 2. The molecule has 3 aromatic carbocycles. The topological polar surface area (TPSA) is 38.3 Å². The van der Waals surface area contributed by atoms with Crippen molar-refractivity contribution in [2.75, 3.05) is 0 Å². The monoisotopic (exact) mass is 393 g/mol. The predicted molar refractivity (Wildman–Crippen MR) is 107 cm³/mol. The number of alkyl carbamates (subject to hydrolysis) is 1. The normalized spacial score (nSPS) is 18.0. The molecule has 5 heteroatoms. The highest BCUT2D eigenvalue weighted by atomic mass is 19.1. The van der Waals surface area contributed by atoms with Crippen molar-refractivity contribution in [2.24, 2.45) is 0 Å². The standard InChI is InChI=1S/C24H21F2NO2/c25-18-11-12-21(26)20(14-18)23-19-9-5-4-8-17(19)10-13-22(23)27-24(28)29-15-16-6-2-1-3-7-16/h1-9,11-12,14,22-23H,10,13,15H2,(H,27,28)/t22-,23+/m0/s1. The van der Waals surface area contributed by atoms with Crippen LogP contribution in [0.25, 0.3) is 0 Å². The van der Waals surface area contributed by atoms with E-state index in [2.05, 4.69) is 5.32 Å². The Labute approximate surface area is 168 Å². The van der Waals surface area contributed by atoms with Gasteiger partial charge in [0.2, 0.25) is 0 Å². The lowest BCUT2D eigenvalue weighted by Crippen LogP contribution is -2.42. The van der Waals surface area contributed by atoms with Gasteiger partial charge in [-0.3, -0.25) is 0 Å². The molecular formula is C24H21F2NO2. The molecule has 1 aliphatic carbocycles. The van der Waals surface area contributed by atoms with Crippen LogP contribution in [0.3, 0.4) is 0 Å². The molecule has 0 bridgehead atoms. The van der Waals surface area contributed by atoms with E-state index in [0.717, 1.165) is 35.2 Å². The molecule has 1 N–H and O–H groups in total. The van der Waals surface area contributed by atoms with Gasteiger partial charge in [-0.05, 0) is 47.7 Å². The molecular weight excluding hydrogens is 372 g/mol. The van der Waals surface area contributed by atoms with Crippen molar-refractivity contribution in [2.45, 2.75) is 31.4 Å². The van der Waals surface area contributed by atoms with Crippen molar-refractivity contribution in [3.8, 4) is 0 Å². The van der Waals surface area contributed by atoms with Crippen LogP contribution in [0.5, 0.6) is 0 Å². The van der Waals surface area contributed by atoms with Gasteiger partial charge in [0.25, 0.3) is 0 Å². The van der Waals surface area contributed by atoms with Gasteiger partial charge in [-0.25, -0.2) is 13.6 Å². The maximum absolute atomic E-state index is 14.6. The molecule has 0 fully saturated rings. The fourth-order valence-corrected chi connectivity index (χ4v) is 3.97. The van der Waals surface area contributed by atoms with Gasteiger partial charge in [0, 0.05) is 17.5 Å². The summed E-state index contributed by atoms with van der Waals surface area (Å²) in [5, 5.41) is 2.87. The van der Waals surface area contributed by atoms with Gasteiger partial charge < -0.3 is 10.1 Å². The summed E-state index contributed by atoms with van der Waals surface area (Å²) in [6.45, 7) is 0.148. The fraction of sp³-hybridized carbons (Fsp3) is 0.208. The second-order valence-corrected chi connectivity index (χ2v) is 7.19. The Morgan fingerprint density at radius 3 is 2.55 bits per heavy atom. The van der Waals surface area contributed by atoms with E-state index in [1.807, 2.05) is 54.6 Å². The minimum atomic E-state index is -0.569. The van der Waals surface area contributed by atoms with Crippen molar-refractivity contribution in [3.05, 3.63) is 107 Å². The molecule has 1 amide bonds. The number of halogens is 2. The molecule has 29 heavy (non-hydrogen) atoms. The summed E-state index contributed by atoms with van der Waals surface area (Å²) < 4.78 is 33.9. The van der Waals surface area contributed by atoms with E-state index >= 15 is 0 Å². The summed E-state index contributed by atoms with van der Waals surface area (Å²) in [4.78, 5) is 12.4. The molecule has 0 saturated heterocycles. The Kier molecular flexibility index (Phi) is 5.56. The number of fused-ring (bicyclic) bond motifs is 1. The highest BCUT2D eigenvalue weighted by molar-refractivity contribution is 5.68. The van der Waals surface area contributed by atoms with Crippen molar-refractivity contribution in [3.63, 3.8) is 0 Å². The minimum Gasteiger partial charge on any atom is -0.445 e. The van der Waals surface area contributed by atoms with Gasteiger partial charge in [-0.1, -0.05) is 54.6 Å². The largest absolute Gasteiger partial charge is 0.445 e. The molecule has 0 unspecified atom stereocenters. The molecule has 4 rings (SSSR count). The minimum absolute atomic E-state index is 0.148. The Morgan fingerprint density at radius 2 is 1.72 bits per heavy atom. The summed E-state index contributed by atoms with van der Waals surface area (Å²) >= 11 is 0. The van der Waals surface area contributed by atoms with Crippen LogP contribution >= 0.6 is 0 Å². The van der Waals surface area contributed by atoms with Crippen molar-refractivity contribution in [1.29, 1.82) is 0 Å². The van der Waals surface area contributed by atoms with E-state index in [1.54, 1.807) is 0 Å². The third-order valence-corrected chi connectivity index (χ3v) is 5.33. The highest BCUT2D eigenvalue weighted by Gasteiger charge is 2.34. The van der Waals surface area contributed by atoms with Crippen LogP contribution in [-0.2, 0) is 17.8 Å². The summed E-state index contributed by atoms with van der Waals surface area (Å²) in [5.41, 5.74) is 3.10. The summed E-state index contributed by atoms with van der Waals surface area (Å²) in [7, 11) is 0. The zero-order valence-electron chi connectivity index (χ0n) is 15.8. The van der Waals surface area contributed by atoms with Gasteiger partial charge >= 0.3 is 6.09 Å². The smallest absolute Gasteiger partial charge is 0.407 e. The summed E-state index contributed by atoms with van der Waals surface area (Å²) in [5.74, 6) is -1.48. The van der Waals surface area contributed by atoms with Crippen LogP contribution in [0.1, 0.15) is 34.6 Å². The number of rotatable bonds is 4. The lowest BCUT2D eigenvalue weighted by atomic mass is 9.75. The van der Waals surface area contributed by atoms with Crippen LogP contribution < -0.4 is 5.32 Å². The highest BCUT2D eigenvalue weighted by Crippen LogP contribution is 2.38. The SMILES string of the molecule is O=C(N[C@H]1CCc2ccccc2[C@@H]1c1cc(F)ccc1F)OCc1ccccc1. The van der Waals surface area contributed by atoms with Crippen LogP contribution in [0, 0.1) is 11.6 Å². The van der Waals surface area contributed by atoms with E-state index < -0.39 is 29.7 Å². The maximum Gasteiger partial charge on any atom is 0.407 e. The Morgan fingerprint density at radius 1 is 0.966 bits per heavy atom. The Bertz CT molecular complexity index is 1010. The van der Waals surface area contributed by atoms with Crippen molar-refractivity contribution in [1.82, 2.24) is 5.32 Å². The van der Waals surface area contributed by atoms with E-state index in [-0.39, 0.29) is 12.2 Å². The second kappa shape index (κ2) is 8.43. The van der Waals surface area contributed by atoms with Gasteiger partial charge in [-0.2, -0.15) is 0 Å². The van der Waals surface area contributed by atoms with Crippen molar-refractivity contribution >= 4 is 6.09 Å². The number of carbonyl (C=O) groups excluding carboxylic acids is 1. The average Bonchev–Trinajstić information content (AvgIpc) is 2.75. The number of hydrogen-bond donors (Lipinski definition) is 1. The van der Waals surface area contributed by atoms with E-state index in [4.69, 9.17) is 4.74 Å². The van der Waals surface area contributed by atoms with E-state index in [1.165, 1.54) is 6.07 Å². The lowest BCUT2D eigenvalue weighted by molar-refractivity contribution is 0.133. The molecule has 0 aliphatic heterocycles. The van der Waals surface area contributed by atoms with Gasteiger partial charge in [0.1, 0.15) is 18.2 Å². The van der Waals surface area contributed by atoms with Crippen LogP contribution in [0.15, 0.2) is 72.8 Å². The first-order chi connectivity index (χ1) is 14.1. The number of ether oxygens (including phenoxy) is 1. The molecule has 1 aliphatic rings. The van der Waals surface area contributed by atoms with Crippen LogP contribution in [-0.4, -0.2) is 12.1 Å². The van der Waals surface area contributed by atoms with Crippen molar-refractivity contribution < 1.29 is 18.3 Å². The first kappa shape index (κ1) is 19.1. The number of benzene rings is 3. The molecule has 3 nitrogen and oxygen atoms in total. The number of nitrogens with one attached hydrogen (secondary N) is 1. The maximum atomic E-state index is 14.6. The summed E-state index contributed by atoms with van der Waals surface area (Å²) in [6, 6.07) is 20.1. The van der Waals surface area contributed by atoms with Gasteiger partial charge in [-0.15, -0.1) is 0 Å². The molecule has 0 aromatic heterocycles. The fourth-order valence-electron chi connectivity index (χ4n) is 3.97. The number of aryl methyl sites for hydroxylation is 1. The third-order valence-electron chi connectivity index (χ3n) is 5.33. The van der Waals surface area contributed by atoms with Gasteiger partial charge in [0.05, 0.1) is 0 Å². The molecule has 3 aromatic rings. The molecule has 0 heterocycles. The van der Waals surface area contributed by atoms with Gasteiger partial charge in [0.15, 0.2) is 0 Å². The Hall–Kier alpha value is -3.21. The molecule has 148 valence electrons. The molecule has 0 radical (unpaired) electrons. The number of amides is 1. The zero-order chi connectivity index (χ0) is 20.2. The average molecular weight is 393 g/mol. The predicted octanol–water partition coefficient (Wildman–Crippen LogP) is 5.34.